The van der Waals surface area contributed by atoms with Crippen LogP contribution < -0.4 is 11.3 Å². The summed E-state index contributed by atoms with van der Waals surface area (Å²) in [6.07, 6.45) is 8.73. The van der Waals surface area contributed by atoms with Gasteiger partial charge in [-0.25, -0.2) is 0 Å². The van der Waals surface area contributed by atoms with Gasteiger partial charge in [0, 0.05) is 12.8 Å². The van der Waals surface area contributed by atoms with Crippen LogP contribution in [0.5, 0.6) is 0 Å². The van der Waals surface area contributed by atoms with Gasteiger partial charge < -0.3 is 4.74 Å². The Morgan fingerprint density at radius 3 is 2.95 bits per heavy atom. The van der Waals surface area contributed by atoms with Crippen LogP contribution in [0.1, 0.15) is 50.3 Å². The summed E-state index contributed by atoms with van der Waals surface area (Å²) >= 11 is 6.28. The molecule has 2 fully saturated rings. The number of hydrogen-bond donors (Lipinski definition) is 2. The van der Waals surface area contributed by atoms with Crippen LogP contribution >= 0.6 is 11.6 Å². The monoisotopic (exact) mass is 295 g/mol. The van der Waals surface area contributed by atoms with Gasteiger partial charge in [0.05, 0.1) is 22.4 Å². The first-order valence-corrected chi connectivity index (χ1v) is 7.82. The topological polar surface area (TPSA) is 60.2 Å². The highest BCUT2D eigenvalue weighted by Gasteiger charge is 2.42. The Kier molecular flexibility index (Phi) is 4.26. The Labute approximate surface area is 125 Å². The molecule has 0 amide bonds. The fourth-order valence-electron chi connectivity index (χ4n) is 3.78. The normalized spacial score (nSPS) is 26.8. The molecule has 3 N–H and O–H groups in total. The van der Waals surface area contributed by atoms with Crippen LogP contribution in [0.25, 0.3) is 0 Å². The van der Waals surface area contributed by atoms with E-state index in [0.29, 0.717) is 10.9 Å². The lowest BCUT2D eigenvalue weighted by Crippen LogP contribution is -2.43. The third-order valence-electron chi connectivity index (χ3n) is 4.78. The molecule has 1 aliphatic heterocycles. The van der Waals surface area contributed by atoms with Crippen LogP contribution in [0, 0.1) is 5.92 Å². The van der Waals surface area contributed by atoms with Gasteiger partial charge in [0.25, 0.3) is 0 Å². The Bertz CT molecular complexity index is 462. The van der Waals surface area contributed by atoms with E-state index in [9.17, 15) is 0 Å². The lowest BCUT2D eigenvalue weighted by atomic mass is 9.80. The maximum absolute atomic E-state index is 6.28. The fourth-order valence-corrected chi connectivity index (χ4v) is 4.02. The minimum atomic E-state index is 0.00470. The molecule has 2 heterocycles. The van der Waals surface area contributed by atoms with Crippen molar-refractivity contribution in [3.63, 3.8) is 0 Å². The van der Waals surface area contributed by atoms with Gasteiger partial charge >= 0.3 is 0 Å². The largest absolute Gasteiger partial charge is 0.375 e. The predicted octanol–water partition coefficient (Wildman–Crippen LogP) is 2.98. The molecule has 5 heteroatoms. The molecule has 1 aliphatic carbocycles. The number of nitrogens with one attached hydrogen (secondary N) is 1. The number of halogens is 1. The molecular weight excluding hydrogens is 274 g/mol. The average Bonchev–Trinajstić information content (AvgIpc) is 2.90. The smallest absolute Gasteiger partial charge is 0.0775 e. The summed E-state index contributed by atoms with van der Waals surface area (Å²) in [6.45, 7) is 0.813. The van der Waals surface area contributed by atoms with Gasteiger partial charge in [0.1, 0.15) is 0 Å². The minimum absolute atomic E-state index is 0.00470. The molecule has 1 spiro atoms. The van der Waals surface area contributed by atoms with Gasteiger partial charge in [0.2, 0.25) is 0 Å². The van der Waals surface area contributed by atoms with Crippen molar-refractivity contribution in [3.05, 3.63) is 29.0 Å². The number of hydrazine groups is 1. The maximum atomic E-state index is 6.28. The van der Waals surface area contributed by atoms with Gasteiger partial charge in [-0.05, 0) is 43.7 Å². The molecule has 110 valence electrons. The molecule has 2 aliphatic rings. The first-order chi connectivity index (χ1) is 9.74. The van der Waals surface area contributed by atoms with Crippen molar-refractivity contribution in [2.24, 2.45) is 11.8 Å². The number of pyridine rings is 1. The number of nitrogens with two attached hydrogens (primary N) is 1. The van der Waals surface area contributed by atoms with Gasteiger partial charge in [-0.1, -0.05) is 24.4 Å². The van der Waals surface area contributed by atoms with E-state index in [-0.39, 0.29) is 11.6 Å². The average molecular weight is 296 g/mol. The Morgan fingerprint density at radius 1 is 1.45 bits per heavy atom. The van der Waals surface area contributed by atoms with E-state index >= 15 is 0 Å². The van der Waals surface area contributed by atoms with Crippen molar-refractivity contribution in [1.29, 1.82) is 0 Å². The van der Waals surface area contributed by atoms with Crippen LogP contribution in [0.4, 0.5) is 0 Å². The Morgan fingerprint density at radius 2 is 2.25 bits per heavy atom. The van der Waals surface area contributed by atoms with Crippen LogP contribution in [-0.2, 0) is 4.74 Å². The molecule has 1 saturated heterocycles. The standard InChI is InChI=1S/C15H22ClN3O/c16-12-4-3-8-18-14(12)13(19-17)11-5-9-20-15(10-11)6-1-2-7-15/h3-4,8,11,13,19H,1-2,5-7,9-10,17H2. The van der Waals surface area contributed by atoms with Gasteiger partial charge in [-0.15, -0.1) is 0 Å². The predicted molar refractivity (Wildman–Crippen MR) is 79.2 cm³/mol. The molecule has 20 heavy (non-hydrogen) atoms. The van der Waals surface area contributed by atoms with Crippen molar-refractivity contribution in [2.75, 3.05) is 6.61 Å². The molecule has 1 aromatic rings. The van der Waals surface area contributed by atoms with E-state index in [1.165, 1.54) is 25.7 Å². The minimum Gasteiger partial charge on any atom is -0.375 e. The molecule has 4 nitrogen and oxygen atoms in total. The molecular formula is C15H22ClN3O. The Hall–Kier alpha value is -0.680. The van der Waals surface area contributed by atoms with E-state index in [0.717, 1.165) is 25.1 Å². The van der Waals surface area contributed by atoms with E-state index in [1.54, 1.807) is 6.20 Å². The lowest BCUT2D eigenvalue weighted by molar-refractivity contribution is -0.0984. The second kappa shape index (κ2) is 5.98. The third-order valence-corrected chi connectivity index (χ3v) is 5.10. The quantitative estimate of drug-likeness (QED) is 0.665. The Balaban J connectivity index is 1.81. The van der Waals surface area contributed by atoms with Crippen molar-refractivity contribution >= 4 is 11.6 Å². The summed E-state index contributed by atoms with van der Waals surface area (Å²) in [5.41, 5.74) is 3.87. The number of rotatable bonds is 3. The highest BCUT2D eigenvalue weighted by Crippen LogP contribution is 2.45. The van der Waals surface area contributed by atoms with Crippen molar-refractivity contribution in [3.8, 4) is 0 Å². The summed E-state index contributed by atoms with van der Waals surface area (Å²) in [5, 5.41) is 0.683. The summed E-state index contributed by atoms with van der Waals surface area (Å²) < 4.78 is 6.10. The zero-order valence-corrected chi connectivity index (χ0v) is 12.4. The van der Waals surface area contributed by atoms with E-state index in [1.807, 2.05) is 12.1 Å². The van der Waals surface area contributed by atoms with Gasteiger partial charge in [0.15, 0.2) is 0 Å². The molecule has 0 radical (unpaired) electrons. The molecule has 0 bridgehead atoms. The van der Waals surface area contributed by atoms with Crippen LogP contribution in [0.3, 0.4) is 0 Å². The maximum Gasteiger partial charge on any atom is 0.0775 e. The summed E-state index contributed by atoms with van der Waals surface area (Å²) in [7, 11) is 0. The van der Waals surface area contributed by atoms with Gasteiger partial charge in [-0.3, -0.25) is 16.3 Å². The number of aromatic nitrogens is 1. The van der Waals surface area contributed by atoms with Crippen LogP contribution in [0.2, 0.25) is 5.02 Å². The number of ether oxygens (including phenoxy) is 1. The van der Waals surface area contributed by atoms with E-state index < -0.39 is 0 Å². The summed E-state index contributed by atoms with van der Waals surface area (Å²) in [5.74, 6) is 6.23. The van der Waals surface area contributed by atoms with Crippen LogP contribution in [-0.4, -0.2) is 17.2 Å². The number of nitrogens with zero attached hydrogens (tertiary/aromatic N) is 1. The fraction of sp³-hybridized carbons (Fsp3) is 0.667. The lowest BCUT2D eigenvalue weighted by Gasteiger charge is -2.41. The van der Waals surface area contributed by atoms with Crippen LogP contribution in [0.15, 0.2) is 18.3 Å². The van der Waals surface area contributed by atoms with Crippen molar-refractivity contribution in [2.45, 2.75) is 50.2 Å². The third kappa shape index (κ3) is 2.70. The van der Waals surface area contributed by atoms with E-state index in [4.69, 9.17) is 22.2 Å². The molecule has 2 unspecified atom stereocenters. The zero-order valence-electron chi connectivity index (χ0n) is 11.6. The summed E-state index contributed by atoms with van der Waals surface area (Å²) in [6, 6.07) is 3.73. The molecule has 1 aromatic heterocycles. The van der Waals surface area contributed by atoms with E-state index in [2.05, 4.69) is 10.4 Å². The second-order valence-corrected chi connectivity index (χ2v) is 6.41. The first kappa shape index (κ1) is 14.3. The molecule has 3 rings (SSSR count). The number of hydrogen-bond acceptors (Lipinski definition) is 4. The molecule has 1 saturated carbocycles. The van der Waals surface area contributed by atoms with Gasteiger partial charge in [-0.2, -0.15) is 0 Å². The summed E-state index contributed by atoms with van der Waals surface area (Å²) in [4.78, 5) is 4.42. The second-order valence-electron chi connectivity index (χ2n) is 6.01. The molecule has 0 aromatic carbocycles. The highest BCUT2D eigenvalue weighted by atomic mass is 35.5. The van der Waals surface area contributed by atoms with Crippen molar-refractivity contribution < 1.29 is 4.74 Å². The SMILES string of the molecule is NNC(c1ncccc1Cl)C1CCOC2(CCCC2)C1. The first-order valence-electron chi connectivity index (χ1n) is 7.45. The molecule has 2 atom stereocenters. The van der Waals surface area contributed by atoms with Crippen molar-refractivity contribution in [1.82, 2.24) is 10.4 Å². The highest BCUT2D eigenvalue weighted by molar-refractivity contribution is 6.31. The zero-order chi connectivity index (χ0) is 14.0.